The van der Waals surface area contributed by atoms with Crippen molar-refractivity contribution in [2.24, 2.45) is 0 Å². The van der Waals surface area contributed by atoms with Gasteiger partial charge in [-0.15, -0.1) is 0 Å². The van der Waals surface area contributed by atoms with Gasteiger partial charge in [-0.1, -0.05) is 18.2 Å². The monoisotopic (exact) mass is 445 g/mol. The lowest BCUT2D eigenvalue weighted by molar-refractivity contribution is 0.0727. The summed E-state index contributed by atoms with van der Waals surface area (Å²) < 4.78 is 7.34. The fourth-order valence-electron chi connectivity index (χ4n) is 3.73. The molecule has 7 heteroatoms. The van der Waals surface area contributed by atoms with Crippen LogP contribution < -0.4 is 10.3 Å². The predicted molar refractivity (Wildman–Crippen MR) is 124 cm³/mol. The molecule has 0 atom stereocenters. The molecule has 0 saturated heterocycles. The lowest BCUT2D eigenvalue weighted by Gasteiger charge is -2.22. The lowest BCUT2D eigenvalue weighted by atomic mass is 10.1. The second-order valence-corrected chi connectivity index (χ2v) is 8.73. The number of carbonyl (C=O) groups excluding carboxylic acids is 1. The summed E-state index contributed by atoms with van der Waals surface area (Å²) in [7, 11) is 0. The minimum Gasteiger partial charge on any atom is -0.493 e. The molecule has 1 aromatic carbocycles. The number of pyridine rings is 1. The minimum absolute atomic E-state index is 0.101. The minimum atomic E-state index is -0.336. The van der Waals surface area contributed by atoms with E-state index in [0.29, 0.717) is 18.8 Å². The Labute approximate surface area is 189 Å². The van der Waals surface area contributed by atoms with E-state index < -0.39 is 0 Å². The van der Waals surface area contributed by atoms with Gasteiger partial charge in [0.25, 0.3) is 11.5 Å². The highest BCUT2D eigenvalue weighted by atomic mass is 32.1. The lowest BCUT2D eigenvalue weighted by Crippen LogP contribution is -2.37. The van der Waals surface area contributed by atoms with E-state index in [4.69, 9.17) is 4.74 Å². The zero-order valence-electron chi connectivity index (χ0n) is 17.5. The molecule has 1 fully saturated rings. The molecule has 4 aromatic rings. The van der Waals surface area contributed by atoms with Gasteiger partial charge < -0.3 is 9.64 Å². The van der Waals surface area contributed by atoms with E-state index in [0.717, 1.165) is 30.6 Å². The fourth-order valence-corrected chi connectivity index (χ4v) is 4.44. The molecule has 162 valence electrons. The Balaban J connectivity index is 1.32. The number of aromatic nitrogens is 2. The molecular weight excluding hydrogens is 422 g/mol. The van der Waals surface area contributed by atoms with E-state index in [1.165, 1.54) is 16.2 Å². The standard InChI is InChI=1S/C25H23N3O3S/c29-24-22(15-26-23-6-1-2-11-27(23)24)25(30)28(20-7-8-20)16-19-4-3-5-21(14-19)31-12-9-18-10-13-32-17-18/h1-6,10-11,13-15,17,20H,7-9,12,16H2. The van der Waals surface area contributed by atoms with Gasteiger partial charge in [0.2, 0.25) is 0 Å². The second kappa shape index (κ2) is 8.96. The van der Waals surface area contributed by atoms with E-state index >= 15 is 0 Å². The number of thiophene rings is 1. The molecule has 3 heterocycles. The SMILES string of the molecule is O=C(c1cnc2ccccn2c1=O)N(Cc1cccc(OCCc2ccsc2)c1)C1CC1. The van der Waals surface area contributed by atoms with Crippen molar-refractivity contribution in [3.63, 3.8) is 0 Å². The van der Waals surface area contributed by atoms with Crippen molar-refractivity contribution in [3.05, 3.63) is 98.7 Å². The Morgan fingerprint density at radius 3 is 2.88 bits per heavy atom. The summed E-state index contributed by atoms with van der Waals surface area (Å²) in [5.74, 6) is 0.514. The summed E-state index contributed by atoms with van der Waals surface area (Å²) in [6.45, 7) is 1.03. The zero-order chi connectivity index (χ0) is 21.9. The highest BCUT2D eigenvalue weighted by Gasteiger charge is 2.34. The van der Waals surface area contributed by atoms with Gasteiger partial charge in [0, 0.05) is 31.4 Å². The number of amides is 1. The van der Waals surface area contributed by atoms with Gasteiger partial charge in [0.05, 0.1) is 6.61 Å². The first kappa shape index (κ1) is 20.5. The fraction of sp³-hybridized carbons (Fsp3) is 0.240. The molecule has 0 spiro atoms. The van der Waals surface area contributed by atoms with Crippen LogP contribution in [0.3, 0.4) is 0 Å². The van der Waals surface area contributed by atoms with Crippen LogP contribution in [-0.4, -0.2) is 32.8 Å². The quantitative estimate of drug-likeness (QED) is 0.408. The van der Waals surface area contributed by atoms with Crippen molar-refractivity contribution < 1.29 is 9.53 Å². The Morgan fingerprint density at radius 1 is 1.16 bits per heavy atom. The van der Waals surface area contributed by atoms with Gasteiger partial charge >= 0.3 is 0 Å². The van der Waals surface area contributed by atoms with Crippen LogP contribution in [-0.2, 0) is 13.0 Å². The number of fused-ring (bicyclic) bond motifs is 1. The number of ether oxygens (including phenoxy) is 1. The molecule has 0 aliphatic heterocycles. The third-order valence-corrected chi connectivity index (χ3v) is 6.32. The van der Waals surface area contributed by atoms with Crippen molar-refractivity contribution in [1.29, 1.82) is 0 Å². The summed E-state index contributed by atoms with van der Waals surface area (Å²) in [6.07, 6.45) is 5.80. The van der Waals surface area contributed by atoms with Gasteiger partial charge in [-0.25, -0.2) is 4.98 Å². The Bertz CT molecular complexity index is 1300. The molecule has 0 radical (unpaired) electrons. The number of carbonyl (C=O) groups is 1. The van der Waals surface area contributed by atoms with Crippen molar-refractivity contribution in [2.45, 2.75) is 31.8 Å². The van der Waals surface area contributed by atoms with E-state index in [1.54, 1.807) is 34.6 Å². The molecule has 1 aliphatic rings. The first-order valence-corrected chi connectivity index (χ1v) is 11.6. The van der Waals surface area contributed by atoms with Crippen LogP contribution in [0.1, 0.15) is 34.3 Å². The third kappa shape index (κ3) is 4.43. The number of hydrogen-bond donors (Lipinski definition) is 0. The van der Waals surface area contributed by atoms with Crippen LogP contribution in [0.2, 0.25) is 0 Å². The van der Waals surface area contributed by atoms with Crippen LogP contribution >= 0.6 is 11.3 Å². The van der Waals surface area contributed by atoms with Crippen LogP contribution in [0.5, 0.6) is 5.75 Å². The molecule has 5 rings (SSSR count). The van der Waals surface area contributed by atoms with Crippen molar-refractivity contribution in [2.75, 3.05) is 6.61 Å². The Hall–Kier alpha value is -3.45. The summed E-state index contributed by atoms with van der Waals surface area (Å²) in [6, 6.07) is 15.4. The number of rotatable bonds is 8. The summed E-state index contributed by atoms with van der Waals surface area (Å²) in [4.78, 5) is 32.3. The van der Waals surface area contributed by atoms with E-state index in [9.17, 15) is 9.59 Å². The first-order valence-electron chi connectivity index (χ1n) is 10.7. The molecule has 0 bridgehead atoms. The highest BCUT2D eigenvalue weighted by molar-refractivity contribution is 7.07. The van der Waals surface area contributed by atoms with E-state index in [1.807, 2.05) is 30.3 Å². The van der Waals surface area contributed by atoms with Gasteiger partial charge in [-0.05, 0) is 65.1 Å². The average molecular weight is 446 g/mol. The number of nitrogens with zero attached hydrogens (tertiary/aromatic N) is 3. The van der Waals surface area contributed by atoms with Crippen molar-refractivity contribution >= 4 is 22.9 Å². The molecule has 0 N–H and O–H groups in total. The molecule has 32 heavy (non-hydrogen) atoms. The molecule has 3 aromatic heterocycles. The van der Waals surface area contributed by atoms with Crippen molar-refractivity contribution in [3.8, 4) is 5.75 Å². The molecule has 1 aliphatic carbocycles. The molecular formula is C25H23N3O3S. The average Bonchev–Trinajstić information content (AvgIpc) is 3.53. The smallest absolute Gasteiger partial charge is 0.270 e. The van der Waals surface area contributed by atoms with Crippen LogP contribution in [0, 0.1) is 0 Å². The van der Waals surface area contributed by atoms with Crippen LogP contribution in [0.25, 0.3) is 5.65 Å². The zero-order valence-corrected chi connectivity index (χ0v) is 18.3. The molecule has 1 amide bonds. The largest absolute Gasteiger partial charge is 0.493 e. The molecule has 6 nitrogen and oxygen atoms in total. The van der Waals surface area contributed by atoms with Gasteiger partial charge in [-0.2, -0.15) is 11.3 Å². The maximum absolute atomic E-state index is 13.3. The molecule has 1 saturated carbocycles. The second-order valence-electron chi connectivity index (χ2n) is 7.95. The maximum Gasteiger partial charge on any atom is 0.270 e. The topological polar surface area (TPSA) is 63.9 Å². The van der Waals surface area contributed by atoms with Gasteiger partial charge in [-0.3, -0.25) is 14.0 Å². The van der Waals surface area contributed by atoms with Gasteiger partial charge in [0.1, 0.15) is 17.0 Å². The predicted octanol–water partition coefficient (Wildman–Crippen LogP) is 4.18. The number of hydrogen-bond acceptors (Lipinski definition) is 5. The summed E-state index contributed by atoms with van der Waals surface area (Å²) in [5.41, 5.74) is 2.54. The highest BCUT2D eigenvalue weighted by Crippen LogP contribution is 2.30. The van der Waals surface area contributed by atoms with Crippen molar-refractivity contribution in [1.82, 2.24) is 14.3 Å². The summed E-state index contributed by atoms with van der Waals surface area (Å²) >= 11 is 1.68. The third-order valence-electron chi connectivity index (χ3n) is 5.58. The summed E-state index contributed by atoms with van der Waals surface area (Å²) in [5, 5.41) is 4.19. The maximum atomic E-state index is 13.3. The van der Waals surface area contributed by atoms with Gasteiger partial charge in [0.15, 0.2) is 0 Å². The van der Waals surface area contributed by atoms with Crippen LogP contribution in [0.15, 0.2) is 76.5 Å². The number of benzene rings is 1. The Morgan fingerprint density at radius 2 is 2.06 bits per heavy atom. The molecule has 0 unspecified atom stereocenters. The van der Waals surface area contributed by atoms with Crippen LogP contribution in [0.4, 0.5) is 0 Å². The first-order chi connectivity index (χ1) is 15.7. The Kier molecular flexibility index (Phi) is 5.73. The van der Waals surface area contributed by atoms with E-state index in [2.05, 4.69) is 21.8 Å². The van der Waals surface area contributed by atoms with E-state index in [-0.39, 0.29) is 23.1 Å². The normalized spacial score (nSPS) is 13.2.